The summed E-state index contributed by atoms with van der Waals surface area (Å²) in [5, 5.41) is 0. The molecule has 0 N–H and O–H groups in total. The summed E-state index contributed by atoms with van der Waals surface area (Å²) in [6.45, 7) is 0. The fraction of sp³-hybridized carbons (Fsp3) is 0.222. The second-order valence-electron chi connectivity index (χ2n) is 6.06. The molecule has 0 aliphatic carbocycles. The van der Waals surface area contributed by atoms with E-state index in [2.05, 4.69) is 4.18 Å². The highest BCUT2D eigenvalue weighted by Crippen LogP contribution is 2.51. The monoisotopic (exact) mass is 382 g/mol. The van der Waals surface area contributed by atoms with Crippen molar-refractivity contribution in [1.29, 1.82) is 0 Å². The van der Waals surface area contributed by atoms with Gasteiger partial charge in [-0.3, -0.25) is 0 Å². The lowest BCUT2D eigenvalue weighted by Crippen LogP contribution is -2.29. The van der Waals surface area contributed by atoms with Crippen LogP contribution in [0.2, 0.25) is 0 Å². The first-order valence-electron chi connectivity index (χ1n) is 7.80. The second-order valence-corrected chi connectivity index (χ2v) is 7.60. The van der Waals surface area contributed by atoms with Gasteiger partial charge in [0.05, 0.1) is 0 Å². The largest absolute Gasteiger partial charge is 0.534 e. The van der Waals surface area contributed by atoms with Crippen molar-refractivity contribution < 1.29 is 30.5 Å². The highest BCUT2D eigenvalue weighted by atomic mass is 32.2. The maximum atomic E-state index is 12.9. The van der Waals surface area contributed by atoms with E-state index in [0.717, 1.165) is 5.56 Å². The van der Waals surface area contributed by atoms with Crippen molar-refractivity contribution in [2.75, 3.05) is 0 Å². The van der Waals surface area contributed by atoms with Gasteiger partial charge in [0.15, 0.2) is 5.75 Å². The SMILES string of the molecule is O=S(=O)(Oc1c(Cc2ccccc2)ccc2c1C1C=CC2O1)C(F)(F)F. The molecular formula is C18H13F3O4S. The summed E-state index contributed by atoms with van der Waals surface area (Å²) >= 11 is 0. The minimum atomic E-state index is -5.78. The molecule has 0 radical (unpaired) electrons. The van der Waals surface area contributed by atoms with Crippen molar-refractivity contribution in [2.24, 2.45) is 0 Å². The lowest BCUT2D eigenvalue weighted by molar-refractivity contribution is -0.0500. The average molecular weight is 382 g/mol. The first-order valence-corrected chi connectivity index (χ1v) is 9.21. The number of rotatable bonds is 4. The summed E-state index contributed by atoms with van der Waals surface area (Å²) in [5.41, 5.74) is -3.36. The lowest BCUT2D eigenvalue weighted by Gasteiger charge is -2.19. The molecule has 2 heterocycles. The Morgan fingerprint density at radius 3 is 2.38 bits per heavy atom. The normalized spacial score (nSPS) is 21.0. The van der Waals surface area contributed by atoms with Gasteiger partial charge in [0.25, 0.3) is 0 Å². The number of fused-ring (bicyclic) bond motifs is 5. The Morgan fingerprint density at radius 1 is 1.00 bits per heavy atom. The van der Waals surface area contributed by atoms with Gasteiger partial charge in [-0.1, -0.05) is 54.6 Å². The molecule has 0 saturated carbocycles. The van der Waals surface area contributed by atoms with Crippen LogP contribution in [-0.4, -0.2) is 13.9 Å². The summed E-state index contributed by atoms with van der Waals surface area (Å²) in [7, 11) is -5.78. The number of halogens is 3. The predicted octanol–water partition coefficient (Wildman–Crippen LogP) is 4.19. The minimum Gasteiger partial charge on any atom is -0.375 e. The van der Waals surface area contributed by atoms with Gasteiger partial charge in [-0.05, 0) is 11.1 Å². The highest BCUT2D eigenvalue weighted by molar-refractivity contribution is 7.88. The molecule has 26 heavy (non-hydrogen) atoms. The summed E-state index contributed by atoms with van der Waals surface area (Å²) in [6, 6.07) is 12.3. The van der Waals surface area contributed by atoms with Gasteiger partial charge in [-0.25, -0.2) is 0 Å². The molecule has 0 amide bonds. The van der Waals surface area contributed by atoms with Gasteiger partial charge < -0.3 is 8.92 Å². The third kappa shape index (κ3) is 2.79. The van der Waals surface area contributed by atoms with Crippen LogP contribution in [0.5, 0.6) is 5.75 Å². The highest BCUT2D eigenvalue weighted by Gasteiger charge is 2.50. The zero-order valence-electron chi connectivity index (χ0n) is 13.2. The summed E-state index contributed by atoms with van der Waals surface area (Å²) in [5.74, 6) is -0.291. The molecule has 136 valence electrons. The van der Waals surface area contributed by atoms with Gasteiger partial charge in [-0.15, -0.1) is 0 Å². The Bertz CT molecular complexity index is 981. The Hall–Kier alpha value is -2.32. The Morgan fingerprint density at radius 2 is 1.69 bits per heavy atom. The summed E-state index contributed by atoms with van der Waals surface area (Å²) < 4.78 is 72.0. The van der Waals surface area contributed by atoms with E-state index in [1.54, 1.807) is 48.6 Å². The van der Waals surface area contributed by atoms with Gasteiger partial charge in [0.2, 0.25) is 0 Å². The van der Waals surface area contributed by atoms with Crippen molar-refractivity contribution in [1.82, 2.24) is 0 Å². The molecule has 2 aromatic rings. The van der Waals surface area contributed by atoms with Crippen LogP contribution in [0, 0.1) is 0 Å². The zero-order chi connectivity index (χ0) is 18.5. The van der Waals surface area contributed by atoms with E-state index in [0.29, 0.717) is 16.7 Å². The van der Waals surface area contributed by atoms with Crippen molar-refractivity contribution in [3.05, 3.63) is 76.9 Å². The third-order valence-electron chi connectivity index (χ3n) is 4.37. The van der Waals surface area contributed by atoms with Crippen LogP contribution in [-0.2, 0) is 21.3 Å². The van der Waals surface area contributed by atoms with Gasteiger partial charge in [-0.2, -0.15) is 21.6 Å². The molecule has 2 aromatic carbocycles. The number of alkyl halides is 3. The molecule has 2 unspecified atom stereocenters. The number of ether oxygens (including phenoxy) is 1. The molecule has 2 bridgehead atoms. The van der Waals surface area contributed by atoms with E-state index in [1.807, 2.05) is 6.07 Å². The third-order valence-corrected chi connectivity index (χ3v) is 5.32. The standard InChI is InChI=1S/C18H13F3O4S/c19-18(20,21)26(22,23)25-17-12(10-11-4-2-1-3-5-11)6-7-13-14-8-9-15(24-14)16(13)17/h1-9,14-15H,10H2. The second kappa shape index (κ2) is 5.85. The Labute approximate surface area is 148 Å². The molecule has 0 aromatic heterocycles. The minimum absolute atomic E-state index is 0.234. The smallest absolute Gasteiger partial charge is 0.375 e. The average Bonchev–Trinajstić information content (AvgIpc) is 3.18. The number of benzene rings is 2. The fourth-order valence-electron chi connectivity index (χ4n) is 3.20. The molecular weight excluding hydrogens is 369 g/mol. The molecule has 2 atom stereocenters. The maximum Gasteiger partial charge on any atom is 0.534 e. The molecule has 4 nitrogen and oxygen atoms in total. The number of hydrogen-bond donors (Lipinski definition) is 0. The van der Waals surface area contributed by atoms with E-state index < -0.39 is 27.8 Å². The molecule has 8 heteroatoms. The van der Waals surface area contributed by atoms with Crippen LogP contribution in [0.15, 0.2) is 54.6 Å². The Balaban J connectivity index is 1.82. The van der Waals surface area contributed by atoms with Crippen LogP contribution in [0.3, 0.4) is 0 Å². The van der Waals surface area contributed by atoms with Gasteiger partial charge >= 0.3 is 15.6 Å². The van der Waals surface area contributed by atoms with Crippen molar-refractivity contribution in [2.45, 2.75) is 24.1 Å². The van der Waals surface area contributed by atoms with E-state index in [9.17, 15) is 21.6 Å². The van der Waals surface area contributed by atoms with E-state index in [-0.39, 0.29) is 12.2 Å². The van der Waals surface area contributed by atoms with Crippen molar-refractivity contribution in [3.63, 3.8) is 0 Å². The van der Waals surface area contributed by atoms with E-state index in [1.165, 1.54) is 0 Å². The van der Waals surface area contributed by atoms with Crippen LogP contribution in [0.4, 0.5) is 13.2 Å². The Kier molecular flexibility index (Phi) is 3.85. The first-order chi connectivity index (χ1) is 12.3. The first kappa shape index (κ1) is 17.1. The molecule has 0 spiro atoms. The van der Waals surface area contributed by atoms with Crippen molar-refractivity contribution >= 4 is 10.1 Å². The van der Waals surface area contributed by atoms with Crippen LogP contribution >= 0.6 is 0 Å². The molecule has 2 aliphatic rings. The molecule has 0 fully saturated rings. The molecule has 4 rings (SSSR count). The number of hydrogen-bond acceptors (Lipinski definition) is 4. The van der Waals surface area contributed by atoms with Crippen molar-refractivity contribution in [3.8, 4) is 5.75 Å². The summed E-state index contributed by atoms with van der Waals surface area (Å²) in [6.07, 6.45) is 2.71. The van der Waals surface area contributed by atoms with E-state index >= 15 is 0 Å². The lowest BCUT2D eigenvalue weighted by atomic mass is 9.91. The summed E-state index contributed by atoms with van der Waals surface area (Å²) in [4.78, 5) is 0. The zero-order valence-corrected chi connectivity index (χ0v) is 14.0. The van der Waals surface area contributed by atoms with E-state index in [4.69, 9.17) is 4.74 Å². The van der Waals surface area contributed by atoms with Crippen LogP contribution in [0.25, 0.3) is 0 Å². The van der Waals surface area contributed by atoms with Crippen LogP contribution in [0.1, 0.15) is 34.5 Å². The van der Waals surface area contributed by atoms with Gasteiger partial charge in [0.1, 0.15) is 12.2 Å². The van der Waals surface area contributed by atoms with Gasteiger partial charge in [0, 0.05) is 17.5 Å². The quantitative estimate of drug-likeness (QED) is 0.452. The topological polar surface area (TPSA) is 52.6 Å². The fourth-order valence-corrected chi connectivity index (χ4v) is 3.71. The van der Waals surface area contributed by atoms with Crippen LogP contribution < -0.4 is 4.18 Å². The maximum absolute atomic E-state index is 12.9. The molecule has 2 aliphatic heterocycles. The predicted molar refractivity (Wildman–Crippen MR) is 87.0 cm³/mol. The molecule has 0 saturated heterocycles.